The Morgan fingerprint density at radius 1 is 1.28 bits per heavy atom. The molecular formula is C21H25N5O3. The van der Waals surface area contributed by atoms with Gasteiger partial charge in [0.05, 0.1) is 23.7 Å². The Bertz CT molecular complexity index is 1110. The summed E-state index contributed by atoms with van der Waals surface area (Å²) in [5, 5.41) is 5.77. The Morgan fingerprint density at radius 2 is 2.03 bits per heavy atom. The molecule has 0 atom stereocenters. The number of nitrogens with zero attached hydrogens (tertiary/aromatic N) is 3. The van der Waals surface area contributed by atoms with Crippen LogP contribution in [-0.4, -0.2) is 39.6 Å². The van der Waals surface area contributed by atoms with Crippen molar-refractivity contribution in [2.75, 3.05) is 19.0 Å². The fraction of sp³-hybridized carbons (Fsp3) is 0.381. The number of amides is 2. The second-order valence-corrected chi connectivity index (χ2v) is 7.36. The molecule has 1 fully saturated rings. The summed E-state index contributed by atoms with van der Waals surface area (Å²) < 4.78 is 9.39. The minimum absolute atomic E-state index is 0.0659. The first kappa shape index (κ1) is 19.0. The predicted molar refractivity (Wildman–Crippen MR) is 111 cm³/mol. The number of carbonyl (C=O) groups is 2. The van der Waals surface area contributed by atoms with Crippen LogP contribution in [0.2, 0.25) is 0 Å². The number of rotatable bonds is 6. The zero-order chi connectivity index (χ0) is 20.7. The number of imidazole rings is 1. The van der Waals surface area contributed by atoms with Gasteiger partial charge in [0.1, 0.15) is 5.69 Å². The maximum Gasteiger partial charge on any atom is 0.256 e. The molecule has 8 nitrogen and oxygen atoms in total. The normalized spacial score (nSPS) is 13.5. The second-order valence-electron chi connectivity index (χ2n) is 7.36. The first-order chi connectivity index (χ1) is 13.9. The number of anilines is 1. The van der Waals surface area contributed by atoms with E-state index in [0.29, 0.717) is 23.7 Å². The van der Waals surface area contributed by atoms with Crippen LogP contribution in [0, 0.1) is 5.92 Å². The van der Waals surface area contributed by atoms with Crippen LogP contribution in [0.15, 0.2) is 24.4 Å². The van der Waals surface area contributed by atoms with E-state index in [1.807, 2.05) is 48.4 Å². The Labute approximate surface area is 168 Å². The molecule has 3 aromatic rings. The van der Waals surface area contributed by atoms with Crippen molar-refractivity contribution in [3.63, 3.8) is 0 Å². The Morgan fingerprint density at radius 3 is 2.69 bits per heavy atom. The van der Waals surface area contributed by atoms with Gasteiger partial charge in [0, 0.05) is 38.4 Å². The highest BCUT2D eigenvalue weighted by atomic mass is 16.5. The number of carbonyl (C=O) groups excluding carboxylic acids is 2. The summed E-state index contributed by atoms with van der Waals surface area (Å²) in [7, 11) is 5.34. The van der Waals surface area contributed by atoms with E-state index in [2.05, 4.69) is 10.6 Å². The number of ether oxygens (including phenoxy) is 1. The van der Waals surface area contributed by atoms with Gasteiger partial charge in [-0.15, -0.1) is 0 Å². The predicted octanol–water partition coefficient (Wildman–Crippen LogP) is 2.69. The van der Waals surface area contributed by atoms with E-state index >= 15 is 0 Å². The van der Waals surface area contributed by atoms with Crippen molar-refractivity contribution in [2.24, 2.45) is 20.0 Å². The molecule has 0 radical (unpaired) electrons. The largest absolute Gasteiger partial charge is 0.494 e. The van der Waals surface area contributed by atoms with Gasteiger partial charge < -0.3 is 24.5 Å². The van der Waals surface area contributed by atoms with Gasteiger partial charge in [-0.25, -0.2) is 4.98 Å². The van der Waals surface area contributed by atoms with Gasteiger partial charge in [-0.2, -0.15) is 0 Å². The smallest absolute Gasteiger partial charge is 0.256 e. The SMILES string of the molecule is CCNC(=O)c1cn(C)c(-c2nc3cc(NC(=O)C4CC4)ccc3n2C)c1OC. The molecule has 1 saturated carbocycles. The average Bonchev–Trinajstić information content (AvgIpc) is 3.43. The van der Waals surface area contributed by atoms with E-state index in [1.165, 1.54) is 0 Å². The molecule has 4 rings (SSSR count). The van der Waals surface area contributed by atoms with Gasteiger partial charge >= 0.3 is 0 Å². The Balaban J connectivity index is 1.76. The molecule has 2 heterocycles. The van der Waals surface area contributed by atoms with E-state index in [1.54, 1.807) is 13.3 Å². The van der Waals surface area contributed by atoms with Crippen LogP contribution in [0.5, 0.6) is 5.75 Å². The summed E-state index contributed by atoms with van der Waals surface area (Å²) in [6, 6.07) is 5.70. The van der Waals surface area contributed by atoms with Gasteiger partial charge in [-0.3, -0.25) is 9.59 Å². The number of hydrogen-bond donors (Lipinski definition) is 2. The highest BCUT2D eigenvalue weighted by Gasteiger charge is 2.30. The van der Waals surface area contributed by atoms with Crippen LogP contribution < -0.4 is 15.4 Å². The fourth-order valence-corrected chi connectivity index (χ4v) is 3.57. The van der Waals surface area contributed by atoms with E-state index in [0.717, 1.165) is 35.3 Å². The van der Waals surface area contributed by atoms with Crippen molar-refractivity contribution in [1.29, 1.82) is 0 Å². The van der Waals surface area contributed by atoms with E-state index in [9.17, 15) is 9.59 Å². The van der Waals surface area contributed by atoms with Crippen molar-refractivity contribution < 1.29 is 14.3 Å². The maximum atomic E-state index is 12.4. The lowest BCUT2D eigenvalue weighted by atomic mass is 10.2. The van der Waals surface area contributed by atoms with Crippen LogP contribution in [-0.2, 0) is 18.9 Å². The summed E-state index contributed by atoms with van der Waals surface area (Å²) in [5.41, 5.74) is 3.61. The minimum atomic E-state index is -0.185. The van der Waals surface area contributed by atoms with E-state index < -0.39 is 0 Å². The zero-order valence-corrected chi connectivity index (χ0v) is 17.1. The number of benzene rings is 1. The van der Waals surface area contributed by atoms with Crippen molar-refractivity contribution in [1.82, 2.24) is 19.4 Å². The van der Waals surface area contributed by atoms with Gasteiger partial charge in [-0.05, 0) is 38.0 Å². The molecular weight excluding hydrogens is 370 g/mol. The summed E-state index contributed by atoms with van der Waals surface area (Å²) >= 11 is 0. The average molecular weight is 395 g/mol. The summed E-state index contributed by atoms with van der Waals surface area (Å²) in [4.78, 5) is 29.3. The highest BCUT2D eigenvalue weighted by Crippen LogP contribution is 2.36. The fourth-order valence-electron chi connectivity index (χ4n) is 3.57. The molecule has 0 spiro atoms. The standard InChI is InChI=1S/C21H25N5O3/c1-5-22-21(28)14-11-25(2)17(18(14)29-4)19-24-15-10-13(8-9-16(15)26(19)3)23-20(27)12-6-7-12/h8-12H,5-7H2,1-4H3,(H,22,28)(H,23,27). The molecule has 0 aliphatic heterocycles. The van der Waals surface area contributed by atoms with Crippen LogP contribution in [0.3, 0.4) is 0 Å². The van der Waals surface area contributed by atoms with E-state index in [-0.39, 0.29) is 17.7 Å². The number of hydrogen-bond acceptors (Lipinski definition) is 4. The molecule has 0 saturated heterocycles. The molecule has 2 N–H and O–H groups in total. The number of nitrogens with one attached hydrogen (secondary N) is 2. The molecule has 1 aliphatic rings. The monoisotopic (exact) mass is 395 g/mol. The molecule has 1 aromatic carbocycles. The van der Waals surface area contributed by atoms with Crippen molar-refractivity contribution in [2.45, 2.75) is 19.8 Å². The van der Waals surface area contributed by atoms with Crippen molar-refractivity contribution in [3.05, 3.63) is 30.0 Å². The zero-order valence-electron chi connectivity index (χ0n) is 17.1. The van der Waals surface area contributed by atoms with Crippen LogP contribution in [0.4, 0.5) is 5.69 Å². The number of methoxy groups -OCH3 is 1. The van der Waals surface area contributed by atoms with Gasteiger partial charge in [0.15, 0.2) is 11.6 Å². The first-order valence-corrected chi connectivity index (χ1v) is 9.73. The number of fused-ring (bicyclic) bond motifs is 1. The third kappa shape index (κ3) is 3.35. The lowest BCUT2D eigenvalue weighted by molar-refractivity contribution is -0.117. The number of aromatic nitrogens is 3. The van der Waals surface area contributed by atoms with Gasteiger partial charge in [0.25, 0.3) is 5.91 Å². The molecule has 29 heavy (non-hydrogen) atoms. The Hall–Kier alpha value is -3.29. The lowest BCUT2D eigenvalue weighted by Gasteiger charge is -2.08. The number of aryl methyl sites for hydroxylation is 2. The molecule has 1 aliphatic carbocycles. The second kappa shape index (κ2) is 7.27. The third-order valence-electron chi connectivity index (χ3n) is 5.23. The maximum absolute atomic E-state index is 12.4. The highest BCUT2D eigenvalue weighted by molar-refractivity contribution is 6.00. The molecule has 0 unspecified atom stereocenters. The minimum Gasteiger partial charge on any atom is -0.494 e. The molecule has 2 amide bonds. The molecule has 0 bridgehead atoms. The summed E-state index contributed by atoms with van der Waals surface area (Å²) in [5.74, 6) is 1.19. The van der Waals surface area contributed by atoms with Crippen LogP contribution >= 0.6 is 0 Å². The lowest BCUT2D eigenvalue weighted by Crippen LogP contribution is -2.22. The third-order valence-corrected chi connectivity index (χ3v) is 5.23. The quantitative estimate of drug-likeness (QED) is 0.671. The topological polar surface area (TPSA) is 90.2 Å². The van der Waals surface area contributed by atoms with Crippen molar-refractivity contribution in [3.8, 4) is 17.3 Å². The molecule has 8 heteroatoms. The summed E-state index contributed by atoms with van der Waals surface area (Å²) in [6.45, 7) is 2.41. The molecule has 2 aromatic heterocycles. The van der Waals surface area contributed by atoms with Gasteiger partial charge in [0.2, 0.25) is 5.91 Å². The van der Waals surface area contributed by atoms with Crippen LogP contribution in [0.25, 0.3) is 22.6 Å². The first-order valence-electron chi connectivity index (χ1n) is 9.73. The van der Waals surface area contributed by atoms with E-state index in [4.69, 9.17) is 9.72 Å². The van der Waals surface area contributed by atoms with Crippen molar-refractivity contribution >= 4 is 28.5 Å². The Kier molecular flexibility index (Phi) is 4.77. The van der Waals surface area contributed by atoms with Crippen LogP contribution in [0.1, 0.15) is 30.1 Å². The molecule has 152 valence electrons. The summed E-state index contributed by atoms with van der Waals surface area (Å²) in [6.07, 6.45) is 3.67. The van der Waals surface area contributed by atoms with Gasteiger partial charge in [-0.1, -0.05) is 0 Å².